The Morgan fingerprint density at radius 3 is 2.65 bits per heavy atom. The molecule has 7 nitrogen and oxygen atoms in total. The summed E-state index contributed by atoms with van der Waals surface area (Å²) in [5.74, 6) is 1.21. The van der Waals surface area contributed by atoms with Crippen LogP contribution in [0.2, 0.25) is 0 Å². The van der Waals surface area contributed by atoms with Crippen molar-refractivity contribution < 1.29 is 4.92 Å². The minimum absolute atomic E-state index is 0.0714. The number of hydrogen-bond donors (Lipinski definition) is 2. The molecule has 7 heteroatoms. The van der Waals surface area contributed by atoms with Crippen molar-refractivity contribution in [2.45, 2.75) is 37.3 Å². The molecule has 2 atom stereocenters. The minimum Gasteiger partial charge on any atom is -0.361 e. The van der Waals surface area contributed by atoms with Crippen LogP contribution in [0.5, 0.6) is 0 Å². The molecule has 4 rings (SSSR count). The van der Waals surface area contributed by atoms with E-state index in [4.69, 9.17) is 0 Å². The third kappa shape index (κ3) is 3.08. The fourth-order valence-electron chi connectivity index (χ4n) is 2.69. The maximum Gasteiger partial charge on any atom is 0.329 e. The molecule has 2 N–H and O–H groups in total. The van der Waals surface area contributed by atoms with Gasteiger partial charge in [0, 0.05) is 18.0 Å². The van der Waals surface area contributed by atoms with Gasteiger partial charge in [0.05, 0.1) is 4.92 Å². The monoisotopic (exact) mass is 311 g/mol. The van der Waals surface area contributed by atoms with Gasteiger partial charge in [-0.05, 0) is 24.8 Å². The van der Waals surface area contributed by atoms with Crippen LogP contribution in [0.1, 0.15) is 30.7 Å². The SMILES string of the molecule is O=[N+]([O-])c1cnc(NC2CC2c2ccccc2)nc1NC1CC1. The quantitative estimate of drug-likeness (QED) is 0.629. The van der Waals surface area contributed by atoms with Crippen LogP contribution in [-0.2, 0) is 0 Å². The van der Waals surface area contributed by atoms with E-state index in [1.54, 1.807) is 0 Å². The predicted octanol–water partition coefficient (Wildman–Crippen LogP) is 2.93. The van der Waals surface area contributed by atoms with Crippen LogP contribution >= 0.6 is 0 Å². The summed E-state index contributed by atoms with van der Waals surface area (Å²) in [6, 6.07) is 10.9. The standard InChI is InChI=1S/C16H17N5O2/c22-21(23)14-9-17-16(20-15(14)18-11-6-7-11)19-13-8-12(13)10-4-2-1-3-5-10/h1-5,9,11-13H,6-8H2,(H2,17,18,19,20). The Kier molecular flexibility index (Phi) is 3.33. The fraction of sp³-hybridized carbons (Fsp3) is 0.375. The van der Waals surface area contributed by atoms with Gasteiger partial charge < -0.3 is 10.6 Å². The molecule has 2 saturated carbocycles. The summed E-state index contributed by atoms with van der Waals surface area (Å²) in [5.41, 5.74) is 1.22. The number of rotatable bonds is 6. The van der Waals surface area contributed by atoms with Crippen LogP contribution in [0.4, 0.5) is 17.5 Å². The van der Waals surface area contributed by atoms with Crippen molar-refractivity contribution in [2.24, 2.45) is 0 Å². The van der Waals surface area contributed by atoms with E-state index in [1.165, 1.54) is 11.8 Å². The topological polar surface area (TPSA) is 93.0 Å². The molecular formula is C16H17N5O2. The molecule has 2 aliphatic rings. The van der Waals surface area contributed by atoms with Gasteiger partial charge in [-0.3, -0.25) is 10.1 Å². The highest BCUT2D eigenvalue weighted by molar-refractivity contribution is 5.58. The molecule has 23 heavy (non-hydrogen) atoms. The first-order chi connectivity index (χ1) is 11.2. The van der Waals surface area contributed by atoms with Crippen LogP contribution in [-0.4, -0.2) is 27.0 Å². The molecule has 2 aromatic rings. The first-order valence-corrected chi connectivity index (χ1v) is 7.80. The van der Waals surface area contributed by atoms with Crippen molar-refractivity contribution >= 4 is 17.5 Å². The van der Waals surface area contributed by atoms with Gasteiger partial charge in [0.1, 0.15) is 6.20 Å². The second-order valence-corrected chi connectivity index (χ2v) is 6.11. The van der Waals surface area contributed by atoms with Crippen LogP contribution in [0.25, 0.3) is 0 Å². The van der Waals surface area contributed by atoms with Gasteiger partial charge in [0.2, 0.25) is 11.8 Å². The Balaban J connectivity index is 1.48. The molecule has 2 fully saturated rings. The highest BCUT2D eigenvalue weighted by Gasteiger charge is 2.39. The lowest BCUT2D eigenvalue weighted by atomic mass is 10.1. The summed E-state index contributed by atoms with van der Waals surface area (Å²) in [6.07, 6.45) is 4.36. The normalized spacial score (nSPS) is 22.4. The summed E-state index contributed by atoms with van der Waals surface area (Å²) in [4.78, 5) is 19.0. The van der Waals surface area contributed by atoms with Crippen molar-refractivity contribution in [3.05, 3.63) is 52.2 Å². The predicted molar refractivity (Wildman–Crippen MR) is 86.5 cm³/mol. The Labute approximate surface area is 133 Å². The van der Waals surface area contributed by atoms with E-state index >= 15 is 0 Å². The van der Waals surface area contributed by atoms with Gasteiger partial charge in [0.15, 0.2) is 0 Å². The van der Waals surface area contributed by atoms with Gasteiger partial charge in [-0.15, -0.1) is 0 Å². The lowest BCUT2D eigenvalue weighted by Crippen LogP contribution is -2.12. The van der Waals surface area contributed by atoms with E-state index in [1.807, 2.05) is 18.2 Å². The maximum absolute atomic E-state index is 11.1. The van der Waals surface area contributed by atoms with Gasteiger partial charge >= 0.3 is 5.69 Å². The number of nitrogens with one attached hydrogen (secondary N) is 2. The molecule has 118 valence electrons. The molecular weight excluding hydrogens is 294 g/mol. The Hall–Kier alpha value is -2.70. The average molecular weight is 311 g/mol. The molecule has 1 heterocycles. The van der Waals surface area contributed by atoms with Crippen molar-refractivity contribution in [3.8, 4) is 0 Å². The van der Waals surface area contributed by atoms with Gasteiger partial charge in [-0.2, -0.15) is 4.98 Å². The Morgan fingerprint density at radius 1 is 1.17 bits per heavy atom. The Morgan fingerprint density at radius 2 is 1.96 bits per heavy atom. The molecule has 0 amide bonds. The van der Waals surface area contributed by atoms with Crippen LogP contribution < -0.4 is 10.6 Å². The first-order valence-electron chi connectivity index (χ1n) is 7.80. The highest BCUT2D eigenvalue weighted by atomic mass is 16.6. The number of benzene rings is 1. The van der Waals surface area contributed by atoms with E-state index < -0.39 is 4.92 Å². The number of anilines is 2. The van der Waals surface area contributed by atoms with E-state index in [0.717, 1.165) is 19.3 Å². The third-order valence-corrected chi connectivity index (χ3v) is 4.22. The molecule has 0 radical (unpaired) electrons. The molecule has 1 aromatic heterocycles. The van der Waals surface area contributed by atoms with Crippen LogP contribution in [0, 0.1) is 10.1 Å². The molecule has 2 unspecified atom stereocenters. The summed E-state index contributed by atoms with van der Waals surface area (Å²) in [6.45, 7) is 0. The third-order valence-electron chi connectivity index (χ3n) is 4.22. The lowest BCUT2D eigenvalue weighted by Gasteiger charge is -2.08. The molecule has 0 aliphatic heterocycles. The molecule has 0 bridgehead atoms. The largest absolute Gasteiger partial charge is 0.361 e. The second-order valence-electron chi connectivity index (χ2n) is 6.11. The minimum atomic E-state index is -0.446. The fourth-order valence-corrected chi connectivity index (χ4v) is 2.69. The van der Waals surface area contributed by atoms with Crippen molar-refractivity contribution in [3.63, 3.8) is 0 Å². The molecule has 1 aromatic carbocycles. The Bertz CT molecular complexity index is 733. The van der Waals surface area contributed by atoms with Gasteiger partial charge in [-0.1, -0.05) is 30.3 Å². The summed E-state index contributed by atoms with van der Waals surface area (Å²) in [7, 11) is 0. The van der Waals surface area contributed by atoms with Gasteiger partial charge in [0.25, 0.3) is 0 Å². The van der Waals surface area contributed by atoms with Crippen LogP contribution in [0.3, 0.4) is 0 Å². The van der Waals surface area contributed by atoms with Gasteiger partial charge in [-0.25, -0.2) is 4.98 Å². The van der Waals surface area contributed by atoms with E-state index in [0.29, 0.717) is 23.7 Å². The zero-order valence-electron chi connectivity index (χ0n) is 12.5. The van der Waals surface area contributed by atoms with Crippen molar-refractivity contribution in [1.82, 2.24) is 9.97 Å². The summed E-state index contributed by atoms with van der Waals surface area (Å²) >= 11 is 0. The average Bonchev–Trinajstić information content (AvgIpc) is 3.45. The first kappa shape index (κ1) is 13.9. The number of nitro groups is 1. The number of hydrogen-bond acceptors (Lipinski definition) is 6. The molecule has 0 saturated heterocycles. The lowest BCUT2D eigenvalue weighted by molar-refractivity contribution is -0.384. The zero-order valence-corrected chi connectivity index (χ0v) is 12.5. The van der Waals surface area contributed by atoms with E-state index in [-0.39, 0.29) is 11.7 Å². The summed E-state index contributed by atoms with van der Waals surface area (Å²) in [5, 5.41) is 17.5. The van der Waals surface area contributed by atoms with E-state index in [2.05, 4.69) is 32.7 Å². The maximum atomic E-state index is 11.1. The second kappa shape index (κ2) is 5.49. The highest BCUT2D eigenvalue weighted by Crippen LogP contribution is 2.42. The van der Waals surface area contributed by atoms with E-state index in [9.17, 15) is 10.1 Å². The van der Waals surface area contributed by atoms with Crippen molar-refractivity contribution in [2.75, 3.05) is 10.6 Å². The number of aromatic nitrogens is 2. The number of nitrogens with zero attached hydrogens (tertiary/aromatic N) is 3. The van der Waals surface area contributed by atoms with Crippen molar-refractivity contribution in [1.29, 1.82) is 0 Å². The zero-order chi connectivity index (χ0) is 15.8. The molecule has 0 spiro atoms. The molecule has 2 aliphatic carbocycles. The summed E-state index contributed by atoms with van der Waals surface area (Å²) < 4.78 is 0. The smallest absolute Gasteiger partial charge is 0.329 e. The van der Waals surface area contributed by atoms with Crippen LogP contribution in [0.15, 0.2) is 36.5 Å².